The van der Waals surface area contributed by atoms with Crippen molar-refractivity contribution < 1.29 is 8.42 Å². The van der Waals surface area contributed by atoms with Gasteiger partial charge in [0.1, 0.15) is 0 Å². The van der Waals surface area contributed by atoms with E-state index in [0.29, 0.717) is 37.8 Å². The summed E-state index contributed by atoms with van der Waals surface area (Å²) in [4.78, 5) is 14.2. The molecule has 0 spiro atoms. The molecule has 2 aromatic heterocycles. The van der Waals surface area contributed by atoms with E-state index in [-0.39, 0.29) is 5.03 Å². The number of nitrogen functional groups attached to an aromatic ring is 1. The average Bonchev–Trinajstić information content (AvgIpc) is 2.56. The van der Waals surface area contributed by atoms with Crippen molar-refractivity contribution in [1.82, 2.24) is 19.3 Å². The summed E-state index contributed by atoms with van der Waals surface area (Å²) in [5, 5.41) is 0.0195. The van der Waals surface area contributed by atoms with E-state index in [1.54, 1.807) is 18.5 Å². The number of rotatable bonds is 3. The molecule has 22 heavy (non-hydrogen) atoms. The number of piperazine rings is 1. The van der Waals surface area contributed by atoms with Crippen molar-refractivity contribution in [2.45, 2.75) is 5.03 Å². The maximum Gasteiger partial charge on any atom is 0.260 e. The van der Waals surface area contributed by atoms with Gasteiger partial charge in [0.25, 0.3) is 10.0 Å². The van der Waals surface area contributed by atoms with Gasteiger partial charge in [-0.25, -0.2) is 23.4 Å². The molecule has 1 aliphatic heterocycles. The van der Waals surface area contributed by atoms with Gasteiger partial charge in [-0.1, -0.05) is 0 Å². The monoisotopic (exact) mass is 320 g/mol. The highest BCUT2D eigenvalue weighted by Crippen LogP contribution is 2.18. The normalized spacial score (nSPS) is 16.6. The van der Waals surface area contributed by atoms with Crippen LogP contribution in [0, 0.1) is 0 Å². The van der Waals surface area contributed by atoms with Crippen LogP contribution in [0.1, 0.15) is 0 Å². The van der Waals surface area contributed by atoms with Gasteiger partial charge in [-0.15, -0.1) is 0 Å². The molecule has 0 aromatic carbocycles. The molecule has 3 heterocycles. The first-order chi connectivity index (χ1) is 10.6. The molecule has 0 radical (unpaired) electrons. The van der Waals surface area contributed by atoms with Crippen LogP contribution in [0.3, 0.4) is 0 Å². The lowest BCUT2D eigenvalue weighted by Crippen LogP contribution is -2.49. The molecule has 0 atom stereocenters. The highest BCUT2D eigenvalue weighted by Gasteiger charge is 2.30. The van der Waals surface area contributed by atoms with Crippen molar-refractivity contribution >= 4 is 21.7 Å². The van der Waals surface area contributed by atoms with Gasteiger partial charge >= 0.3 is 0 Å². The molecule has 0 saturated carbocycles. The Morgan fingerprint density at radius 2 is 1.68 bits per heavy atom. The van der Waals surface area contributed by atoms with Crippen LogP contribution in [-0.2, 0) is 10.0 Å². The molecular weight excluding hydrogens is 304 g/mol. The standard InChI is InChI=1S/C13H16N6O2S/c14-11-2-3-12(17-10-11)22(20,21)19-8-6-18(7-9-19)13-15-4-1-5-16-13/h1-5,10H,6-9,14H2. The third-order valence-electron chi connectivity index (χ3n) is 3.44. The van der Waals surface area contributed by atoms with Gasteiger partial charge in [0, 0.05) is 38.6 Å². The zero-order valence-corrected chi connectivity index (χ0v) is 12.6. The molecule has 2 aromatic rings. The van der Waals surface area contributed by atoms with Gasteiger partial charge in [0.15, 0.2) is 5.03 Å². The molecule has 0 bridgehead atoms. The first-order valence-corrected chi connectivity index (χ1v) is 8.25. The van der Waals surface area contributed by atoms with Crippen LogP contribution in [0.5, 0.6) is 0 Å². The smallest absolute Gasteiger partial charge is 0.260 e. The second-order valence-electron chi connectivity index (χ2n) is 4.87. The fourth-order valence-corrected chi connectivity index (χ4v) is 3.59. The zero-order valence-electron chi connectivity index (χ0n) is 11.8. The summed E-state index contributed by atoms with van der Waals surface area (Å²) in [6, 6.07) is 4.71. The van der Waals surface area contributed by atoms with Crippen LogP contribution in [0.2, 0.25) is 0 Å². The molecule has 2 N–H and O–H groups in total. The van der Waals surface area contributed by atoms with Crippen molar-refractivity contribution in [1.29, 1.82) is 0 Å². The lowest BCUT2D eigenvalue weighted by atomic mass is 10.4. The predicted molar refractivity (Wildman–Crippen MR) is 81.7 cm³/mol. The fourth-order valence-electron chi connectivity index (χ4n) is 2.26. The van der Waals surface area contributed by atoms with Crippen LogP contribution < -0.4 is 10.6 Å². The Balaban J connectivity index is 1.72. The molecule has 3 rings (SSSR count). The number of nitrogens with zero attached hydrogens (tertiary/aromatic N) is 5. The maximum atomic E-state index is 12.5. The van der Waals surface area contributed by atoms with Crippen LogP contribution in [0.15, 0.2) is 41.8 Å². The minimum Gasteiger partial charge on any atom is -0.397 e. The number of nitrogens with two attached hydrogens (primary N) is 1. The lowest BCUT2D eigenvalue weighted by Gasteiger charge is -2.33. The first kappa shape index (κ1) is 14.7. The molecule has 1 fully saturated rings. The summed E-state index contributed by atoms with van der Waals surface area (Å²) in [5.74, 6) is 0.616. The molecule has 0 amide bonds. The highest BCUT2D eigenvalue weighted by atomic mass is 32.2. The summed E-state index contributed by atoms with van der Waals surface area (Å²) >= 11 is 0. The molecule has 0 aliphatic carbocycles. The minimum atomic E-state index is -3.59. The fraction of sp³-hybridized carbons (Fsp3) is 0.308. The molecule has 8 nitrogen and oxygen atoms in total. The number of hydrogen-bond donors (Lipinski definition) is 1. The van der Waals surface area contributed by atoms with Crippen LogP contribution in [0.4, 0.5) is 11.6 Å². The average molecular weight is 320 g/mol. The Bertz CT molecular complexity index is 727. The Morgan fingerprint density at radius 3 is 2.27 bits per heavy atom. The van der Waals surface area contributed by atoms with Gasteiger partial charge < -0.3 is 10.6 Å². The summed E-state index contributed by atoms with van der Waals surface area (Å²) in [5.41, 5.74) is 5.97. The van der Waals surface area contributed by atoms with E-state index in [1.807, 2.05) is 4.90 Å². The third-order valence-corrected chi connectivity index (χ3v) is 5.25. The number of pyridine rings is 1. The summed E-state index contributed by atoms with van der Waals surface area (Å²) in [6.07, 6.45) is 4.69. The van der Waals surface area contributed by atoms with Crippen LogP contribution in [0.25, 0.3) is 0 Å². The van der Waals surface area contributed by atoms with Gasteiger partial charge in [-0.2, -0.15) is 4.31 Å². The van der Waals surface area contributed by atoms with E-state index in [4.69, 9.17) is 5.73 Å². The molecular formula is C13H16N6O2S. The van der Waals surface area contributed by atoms with E-state index in [2.05, 4.69) is 15.0 Å². The van der Waals surface area contributed by atoms with Crippen molar-refractivity contribution in [2.24, 2.45) is 0 Å². The minimum absolute atomic E-state index is 0.0195. The summed E-state index contributed by atoms with van der Waals surface area (Å²) in [7, 11) is -3.59. The SMILES string of the molecule is Nc1ccc(S(=O)(=O)N2CCN(c3ncccn3)CC2)nc1. The third kappa shape index (κ3) is 2.85. The van der Waals surface area contributed by atoms with E-state index in [0.717, 1.165) is 0 Å². The maximum absolute atomic E-state index is 12.5. The highest BCUT2D eigenvalue weighted by molar-refractivity contribution is 7.89. The molecule has 116 valence electrons. The van der Waals surface area contributed by atoms with Crippen LogP contribution in [-0.4, -0.2) is 53.9 Å². The van der Waals surface area contributed by atoms with Crippen molar-refractivity contribution in [3.05, 3.63) is 36.8 Å². The van der Waals surface area contributed by atoms with E-state index in [9.17, 15) is 8.42 Å². The molecule has 0 unspecified atom stereocenters. The largest absolute Gasteiger partial charge is 0.397 e. The number of anilines is 2. The van der Waals surface area contributed by atoms with E-state index < -0.39 is 10.0 Å². The van der Waals surface area contributed by atoms with Gasteiger partial charge in [-0.05, 0) is 18.2 Å². The topological polar surface area (TPSA) is 105 Å². The number of hydrogen-bond acceptors (Lipinski definition) is 7. The second kappa shape index (κ2) is 5.85. The second-order valence-corrected chi connectivity index (χ2v) is 6.75. The quantitative estimate of drug-likeness (QED) is 0.846. The number of sulfonamides is 1. The van der Waals surface area contributed by atoms with Crippen molar-refractivity contribution in [3.8, 4) is 0 Å². The Labute approximate surface area is 128 Å². The van der Waals surface area contributed by atoms with E-state index >= 15 is 0 Å². The zero-order chi connectivity index (χ0) is 15.6. The van der Waals surface area contributed by atoms with Crippen LogP contribution >= 0.6 is 0 Å². The molecule has 1 aliphatic rings. The Hall–Kier alpha value is -2.26. The lowest BCUT2D eigenvalue weighted by molar-refractivity contribution is 0.381. The molecule has 1 saturated heterocycles. The van der Waals surface area contributed by atoms with Gasteiger partial charge in [0.2, 0.25) is 5.95 Å². The van der Waals surface area contributed by atoms with Crippen molar-refractivity contribution in [2.75, 3.05) is 36.8 Å². The summed E-state index contributed by atoms with van der Waals surface area (Å²) < 4.78 is 26.5. The van der Waals surface area contributed by atoms with Gasteiger partial charge in [-0.3, -0.25) is 0 Å². The Morgan fingerprint density at radius 1 is 1.00 bits per heavy atom. The Kier molecular flexibility index (Phi) is 3.90. The molecule has 9 heteroatoms. The van der Waals surface area contributed by atoms with Crippen molar-refractivity contribution in [3.63, 3.8) is 0 Å². The number of aromatic nitrogens is 3. The van der Waals surface area contributed by atoms with E-state index in [1.165, 1.54) is 22.6 Å². The van der Waals surface area contributed by atoms with Gasteiger partial charge in [0.05, 0.1) is 11.9 Å². The predicted octanol–water partition coefficient (Wildman–Crippen LogP) is -0.0353. The summed E-state index contributed by atoms with van der Waals surface area (Å²) in [6.45, 7) is 1.82. The first-order valence-electron chi connectivity index (χ1n) is 6.81.